The van der Waals surface area contributed by atoms with E-state index in [1.807, 2.05) is 0 Å². The zero-order chi connectivity index (χ0) is 17.4. The maximum Gasteiger partial charge on any atom is 0.330 e. The molecule has 23 heavy (non-hydrogen) atoms. The monoisotopic (exact) mass is 340 g/mol. The van der Waals surface area contributed by atoms with Crippen LogP contribution in [0.1, 0.15) is 23.4 Å². The SMILES string of the molecule is C[C@@H](c1ccc(F)cc1)S(=O)(=O)Cc1cc(=O)n(C)c(=O)n1C. The van der Waals surface area contributed by atoms with Crippen molar-refractivity contribution in [3.05, 3.63) is 68.2 Å². The lowest BCUT2D eigenvalue weighted by atomic mass is 10.2. The zero-order valence-corrected chi connectivity index (χ0v) is 13.8. The van der Waals surface area contributed by atoms with Crippen LogP contribution in [0.3, 0.4) is 0 Å². The predicted octanol–water partition coefficient (Wildman–Crippen LogP) is 0.899. The minimum atomic E-state index is -3.68. The van der Waals surface area contributed by atoms with E-state index in [9.17, 15) is 22.4 Å². The highest BCUT2D eigenvalue weighted by Gasteiger charge is 2.24. The predicted molar refractivity (Wildman–Crippen MR) is 84.4 cm³/mol. The molecule has 0 radical (unpaired) electrons. The molecule has 0 amide bonds. The van der Waals surface area contributed by atoms with Crippen LogP contribution in [0.25, 0.3) is 0 Å². The van der Waals surface area contributed by atoms with Crippen molar-refractivity contribution >= 4 is 9.84 Å². The van der Waals surface area contributed by atoms with E-state index in [0.29, 0.717) is 5.56 Å². The molecule has 124 valence electrons. The minimum Gasteiger partial charge on any atom is -0.300 e. The van der Waals surface area contributed by atoms with Crippen LogP contribution in [-0.2, 0) is 29.7 Å². The highest BCUT2D eigenvalue weighted by Crippen LogP contribution is 2.24. The molecule has 0 spiro atoms. The Kier molecular flexibility index (Phi) is 4.56. The summed E-state index contributed by atoms with van der Waals surface area (Å²) in [6.45, 7) is 1.49. The van der Waals surface area contributed by atoms with E-state index in [0.717, 1.165) is 15.2 Å². The van der Waals surface area contributed by atoms with Crippen LogP contribution >= 0.6 is 0 Å². The van der Waals surface area contributed by atoms with Gasteiger partial charge in [0.1, 0.15) is 5.82 Å². The summed E-state index contributed by atoms with van der Waals surface area (Å²) in [5, 5.41) is -0.887. The molecule has 1 atom stereocenters. The Bertz CT molecular complexity index is 943. The molecule has 2 aromatic rings. The summed E-state index contributed by atoms with van der Waals surface area (Å²) in [5.74, 6) is -0.903. The van der Waals surface area contributed by atoms with E-state index in [1.165, 1.54) is 45.3 Å². The quantitative estimate of drug-likeness (QED) is 0.828. The summed E-state index contributed by atoms with van der Waals surface area (Å²) in [6.07, 6.45) is 0. The fourth-order valence-electron chi connectivity index (χ4n) is 2.19. The maximum atomic E-state index is 12.9. The molecule has 6 nitrogen and oxygen atoms in total. The largest absolute Gasteiger partial charge is 0.330 e. The number of rotatable bonds is 4. The van der Waals surface area contributed by atoms with Crippen molar-refractivity contribution < 1.29 is 12.8 Å². The second-order valence-corrected chi connectivity index (χ2v) is 7.70. The first-order valence-corrected chi connectivity index (χ1v) is 8.58. The third-order valence-corrected chi connectivity index (χ3v) is 5.90. The van der Waals surface area contributed by atoms with Gasteiger partial charge in [0.2, 0.25) is 0 Å². The number of benzene rings is 1. The average Bonchev–Trinajstić information content (AvgIpc) is 2.50. The van der Waals surface area contributed by atoms with Gasteiger partial charge in [0.25, 0.3) is 5.56 Å². The van der Waals surface area contributed by atoms with Crippen molar-refractivity contribution in [2.75, 3.05) is 0 Å². The minimum absolute atomic E-state index is 0.118. The molecule has 1 aromatic heterocycles. The molecule has 0 unspecified atom stereocenters. The fraction of sp³-hybridized carbons (Fsp3) is 0.333. The lowest BCUT2D eigenvalue weighted by Gasteiger charge is -2.15. The van der Waals surface area contributed by atoms with Gasteiger partial charge in [0.15, 0.2) is 9.84 Å². The van der Waals surface area contributed by atoms with E-state index in [4.69, 9.17) is 0 Å². The van der Waals surface area contributed by atoms with Gasteiger partial charge in [-0.25, -0.2) is 17.6 Å². The molecular weight excluding hydrogens is 323 g/mol. The van der Waals surface area contributed by atoms with Crippen molar-refractivity contribution in [2.24, 2.45) is 14.1 Å². The van der Waals surface area contributed by atoms with Gasteiger partial charge in [-0.15, -0.1) is 0 Å². The summed E-state index contributed by atoms with van der Waals surface area (Å²) in [7, 11) is -0.943. The van der Waals surface area contributed by atoms with E-state index in [1.54, 1.807) is 0 Å². The molecule has 0 N–H and O–H groups in total. The topological polar surface area (TPSA) is 78.1 Å². The normalized spacial score (nSPS) is 13.0. The third-order valence-electron chi connectivity index (χ3n) is 3.85. The molecule has 0 aliphatic rings. The van der Waals surface area contributed by atoms with Crippen LogP contribution < -0.4 is 11.2 Å². The zero-order valence-electron chi connectivity index (χ0n) is 13.0. The van der Waals surface area contributed by atoms with Crippen LogP contribution in [0.2, 0.25) is 0 Å². The van der Waals surface area contributed by atoms with E-state index < -0.39 is 37.9 Å². The molecule has 0 aliphatic carbocycles. The molecular formula is C15H17FN2O4S. The summed E-state index contributed by atoms with van der Waals surface area (Å²) in [4.78, 5) is 23.6. The van der Waals surface area contributed by atoms with Gasteiger partial charge in [0.05, 0.1) is 11.0 Å². The summed E-state index contributed by atoms with van der Waals surface area (Å²) in [6, 6.07) is 6.32. The Balaban J connectivity index is 2.41. The van der Waals surface area contributed by atoms with Crippen LogP contribution in [0, 0.1) is 5.82 Å². The molecule has 1 aromatic carbocycles. The van der Waals surface area contributed by atoms with Gasteiger partial charge in [-0.3, -0.25) is 13.9 Å². The maximum absolute atomic E-state index is 12.9. The molecule has 0 saturated carbocycles. The molecule has 0 bridgehead atoms. The number of hydrogen-bond acceptors (Lipinski definition) is 4. The number of sulfone groups is 1. The third kappa shape index (κ3) is 3.42. The van der Waals surface area contributed by atoms with Crippen molar-refractivity contribution in [2.45, 2.75) is 17.9 Å². The van der Waals surface area contributed by atoms with E-state index in [2.05, 4.69) is 0 Å². The van der Waals surface area contributed by atoms with Gasteiger partial charge >= 0.3 is 5.69 Å². The smallest absolute Gasteiger partial charge is 0.300 e. The number of aromatic nitrogens is 2. The Morgan fingerprint density at radius 3 is 2.22 bits per heavy atom. The van der Waals surface area contributed by atoms with Crippen molar-refractivity contribution in [1.29, 1.82) is 0 Å². The Labute approximate surface area is 132 Å². The van der Waals surface area contributed by atoms with Gasteiger partial charge in [-0.1, -0.05) is 12.1 Å². The van der Waals surface area contributed by atoms with Gasteiger partial charge in [0, 0.05) is 25.9 Å². The Morgan fingerprint density at radius 1 is 1.09 bits per heavy atom. The first kappa shape index (κ1) is 17.1. The molecule has 0 saturated heterocycles. The highest BCUT2D eigenvalue weighted by molar-refractivity contribution is 7.90. The van der Waals surface area contributed by atoms with Crippen LogP contribution in [0.15, 0.2) is 39.9 Å². The molecule has 8 heteroatoms. The van der Waals surface area contributed by atoms with Crippen molar-refractivity contribution in [3.8, 4) is 0 Å². The molecule has 2 rings (SSSR count). The average molecular weight is 340 g/mol. The lowest BCUT2D eigenvalue weighted by molar-refractivity contribution is 0.579. The number of nitrogens with zero attached hydrogens (tertiary/aromatic N) is 2. The highest BCUT2D eigenvalue weighted by atomic mass is 32.2. The summed E-state index contributed by atoms with van der Waals surface area (Å²) < 4.78 is 40.0. The van der Waals surface area contributed by atoms with Crippen LogP contribution in [0.4, 0.5) is 4.39 Å². The molecule has 1 heterocycles. The first-order chi connectivity index (χ1) is 10.6. The number of hydrogen-bond donors (Lipinski definition) is 0. The molecule has 0 aliphatic heterocycles. The van der Waals surface area contributed by atoms with Crippen LogP contribution in [-0.4, -0.2) is 17.6 Å². The van der Waals surface area contributed by atoms with Crippen molar-refractivity contribution in [3.63, 3.8) is 0 Å². The number of halogens is 1. The van der Waals surface area contributed by atoms with E-state index >= 15 is 0 Å². The lowest BCUT2D eigenvalue weighted by Crippen LogP contribution is -2.38. The van der Waals surface area contributed by atoms with Crippen molar-refractivity contribution in [1.82, 2.24) is 9.13 Å². The van der Waals surface area contributed by atoms with Crippen LogP contribution in [0.5, 0.6) is 0 Å². The summed E-state index contributed by atoms with van der Waals surface area (Å²) >= 11 is 0. The van der Waals surface area contributed by atoms with E-state index in [-0.39, 0.29) is 5.69 Å². The Morgan fingerprint density at radius 2 is 1.65 bits per heavy atom. The molecule has 0 fully saturated rings. The Hall–Kier alpha value is -2.22. The van der Waals surface area contributed by atoms with Gasteiger partial charge < -0.3 is 0 Å². The second kappa shape index (κ2) is 6.11. The fourth-order valence-corrected chi connectivity index (χ4v) is 3.70. The second-order valence-electron chi connectivity index (χ2n) is 5.38. The van der Waals surface area contributed by atoms with Gasteiger partial charge in [-0.05, 0) is 24.6 Å². The summed E-state index contributed by atoms with van der Waals surface area (Å²) in [5.41, 5.74) is -0.586. The first-order valence-electron chi connectivity index (χ1n) is 6.86. The standard InChI is InChI=1S/C15H17FN2O4S/c1-10(11-4-6-12(16)7-5-11)23(21,22)9-13-8-14(19)18(3)15(20)17(13)2/h4-8,10H,9H2,1-3H3/t10-/m0/s1. The van der Waals surface area contributed by atoms with Gasteiger partial charge in [-0.2, -0.15) is 0 Å².